The molecule has 10 unspecified atom stereocenters. The maximum atomic E-state index is 14.3. The van der Waals surface area contributed by atoms with Crippen LogP contribution in [0.15, 0.2) is 23.2 Å². The van der Waals surface area contributed by atoms with Crippen LogP contribution in [0.5, 0.6) is 0 Å². The van der Waals surface area contributed by atoms with Crippen molar-refractivity contribution < 1.29 is 48.0 Å². The lowest BCUT2D eigenvalue weighted by molar-refractivity contribution is -0.196. The number of methoxy groups -OCH3 is 3. The van der Waals surface area contributed by atoms with Gasteiger partial charge in [0.15, 0.2) is 11.5 Å². The number of carbonyl (C=O) groups excluding carboxylic acids is 4. The van der Waals surface area contributed by atoms with Crippen LogP contribution < -0.4 is 0 Å². The maximum absolute atomic E-state index is 14.3. The number of ketones is 1. The first-order valence-corrected chi connectivity index (χ1v) is 20.2. The second-order valence-corrected chi connectivity index (χ2v) is 16.8. The molecule has 10 atom stereocenters. The van der Waals surface area contributed by atoms with Crippen LogP contribution in [0.1, 0.15) is 120 Å². The van der Waals surface area contributed by atoms with E-state index in [0.717, 1.165) is 64.3 Å². The van der Waals surface area contributed by atoms with Gasteiger partial charge in [0.2, 0.25) is 0 Å². The van der Waals surface area contributed by atoms with Gasteiger partial charge in [-0.25, -0.2) is 0 Å². The number of aldehydes is 1. The Morgan fingerprint density at radius 1 is 0.945 bits per heavy atom. The number of rotatable bonds is 10. The second kappa shape index (κ2) is 22.2. The summed E-state index contributed by atoms with van der Waals surface area (Å²) in [5.41, 5.74) is 1.33. The SMILES string of the molecule is C=O.CC.CC1C(N(C)CC=O)CCC2(C)C3C(=O)C=C4C5CC(C(=O)O)CCC5(C)CCC4C3(C)CCC12C.CCOC.COC/C(OC)=C(\C)OC=O. The van der Waals surface area contributed by atoms with E-state index in [1.165, 1.54) is 19.8 Å². The Hall–Kier alpha value is -2.89. The van der Waals surface area contributed by atoms with Gasteiger partial charge in [-0.05, 0) is 124 Å². The van der Waals surface area contributed by atoms with Crippen LogP contribution in [0.3, 0.4) is 0 Å². The lowest BCUT2D eigenvalue weighted by atomic mass is 9.35. The van der Waals surface area contributed by atoms with E-state index in [9.17, 15) is 24.3 Å². The van der Waals surface area contributed by atoms with Gasteiger partial charge in [0.25, 0.3) is 6.47 Å². The molecular formula is C44H75NO10. The summed E-state index contributed by atoms with van der Waals surface area (Å²) >= 11 is 0. The van der Waals surface area contributed by atoms with Crippen LogP contribution in [-0.4, -0.2) is 95.5 Å². The van der Waals surface area contributed by atoms with Gasteiger partial charge in [0.1, 0.15) is 25.4 Å². The van der Waals surface area contributed by atoms with Crippen molar-refractivity contribution in [3.63, 3.8) is 0 Å². The first kappa shape index (κ1) is 50.1. The topological polar surface area (TPSA) is 146 Å². The zero-order chi connectivity index (χ0) is 42.4. The van der Waals surface area contributed by atoms with Crippen molar-refractivity contribution in [1.29, 1.82) is 0 Å². The molecule has 5 aliphatic rings. The minimum Gasteiger partial charge on any atom is -0.495 e. The van der Waals surface area contributed by atoms with E-state index < -0.39 is 5.97 Å². The van der Waals surface area contributed by atoms with Gasteiger partial charge in [0.05, 0.1) is 19.6 Å². The molecule has 5 aliphatic carbocycles. The molecule has 55 heavy (non-hydrogen) atoms. The summed E-state index contributed by atoms with van der Waals surface area (Å²) < 4.78 is 18.7. The van der Waals surface area contributed by atoms with Crippen molar-refractivity contribution in [3.8, 4) is 0 Å². The van der Waals surface area contributed by atoms with E-state index in [0.29, 0.717) is 61.2 Å². The molecule has 1 N–H and O–H groups in total. The van der Waals surface area contributed by atoms with Crippen molar-refractivity contribution in [2.24, 2.45) is 51.2 Å². The van der Waals surface area contributed by atoms with Crippen LogP contribution >= 0.6 is 0 Å². The molecule has 0 heterocycles. The van der Waals surface area contributed by atoms with Crippen molar-refractivity contribution in [3.05, 3.63) is 23.2 Å². The van der Waals surface area contributed by atoms with Gasteiger partial charge in [0, 0.05) is 32.8 Å². The number of carboxylic acid groups (broad SMARTS) is 1. The van der Waals surface area contributed by atoms with Gasteiger partial charge < -0.3 is 33.6 Å². The van der Waals surface area contributed by atoms with Crippen LogP contribution in [0.25, 0.3) is 0 Å². The van der Waals surface area contributed by atoms with E-state index in [2.05, 4.69) is 56.0 Å². The fourth-order valence-corrected chi connectivity index (χ4v) is 11.2. The van der Waals surface area contributed by atoms with Crippen molar-refractivity contribution >= 4 is 31.3 Å². The average molecular weight is 778 g/mol. The van der Waals surface area contributed by atoms with E-state index in [-0.39, 0.29) is 39.4 Å². The van der Waals surface area contributed by atoms with Gasteiger partial charge >= 0.3 is 5.97 Å². The molecule has 0 aliphatic heterocycles. The van der Waals surface area contributed by atoms with Crippen LogP contribution in [0.4, 0.5) is 0 Å². The number of likely N-dealkylation sites (N-methyl/N-ethyl adjacent to an activating group) is 1. The van der Waals surface area contributed by atoms with Crippen LogP contribution in [0, 0.1) is 51.2 Å². The predicted octanol–water partition coefficient (Wildman–Crippen LogP) is 7.95. The highest BCUT2D eigenvalue weighted by Crippen LogP contribution is 2.73. The predicted molar refractivity (Wildman–Crippen MR) is 215 cm³/mol. The molecule has 0 radical (unpaired) electrons. The highest BCUT2D eigenvalue weighted by molar-refractivity contribution is 5.95. The number of aliphatic carboxylic acids is 1. The summed E-state index contributed by atoms with van der Waals surface area (Å²) in [7, 11) is 6.78. The van der Waals surface area contributed by atoms with Gasteiger partial charge in [-0.1, -0.05) is 54.0 Å². The molecule has 0 saturated heterocycles. The van der Waals surface area contributed by atoms with Crippen LogP contribution in [0.2, 0.25) is 0 Å². The summed E-state index contributed by atoms with van der Waals surface area (Å²) in [5, 5.41) is 9.80. The van der Waals surface area contributed by atoms with Gasteiger partial charge in [-0.2, -0.15) is 0 Å². The molecule has 316 valence electrons. The maximum Gasteiger partial charge on any atom is 0.306 e. The van der Waals surface area contributed by atoms with Crippen molar-refractivity contribution in [2.75, 3.05) is 48.1 Å². The minimum absolute atomic E-state index is 0.0143. The second-order valence-electron chi connectivity index (χ2n) is 16.8. The summed E-state index contributed by atoms with van der Waals surface area (Å²) in [6.45, 7) is 23.5. The smallest absolute Gasteiger partial charge is 0.306 e. The molecule has 0 spiro atoms. The fourth-order valence-electron chi connectivity index (χ4n) is 11.2. The number of hydrogen-bond acceptors (Lipinski definition) is 10. The highest BCUT2D eigenvalue weighted by Gasteiger charge is 2.68. The van der Waals surface area contributed by atoms with E-state index >= 15 is 0 Å². The first-order chi connectivity index (χ1) is 26.0. The summed E-state index contributed by atoms with van der Waals surface area (Å²) in [6.07, 6.45) is 11.9. The molecular weight excluding hydrogens is 702 g/mol. The fraction of sp³-hybridized carbons (Fsp3) is 0.795. The Labute approximate surface area is 332 Å². The average Bonchev–Trinajstić information content (AvgIpc) is 3.16. The van der Waals surface area contributed by atoms with Crippen molar-refractivity contribution in [1.82, 2.24) is 4.90 Å². The first-order valence-electron chi connectivity index (χ1n) is 20.2. The molecule has 0 amide bonds. The van der Waals surface area contributed by atoms with E-state index in [4.69, 9.17) is 14.3 Å². The Balaban J connectivity index is 0.000000668. The number of carbonyl (C=O) groups is 5. The van der Waals surface area contributed by atoms with Gasteiger partial charge in [-0.3, -0.25) is 19.3 Å². The molecule has 11 nitrogen and oxygen atoms in total. The third kappa shape index (κ3) is 10.4. The zero-order valence-electron chi connectivity index (χ0n) is 36.5. The number of ether oxygens (including phenoxy) is 4. The molecule has 0 aromatic rings. The number of hydrogen-bond donors (Lipinski definition) is 1. The van der Waals surface area contributed by atoms with E-state index in [1.54, 1.807) is 14.0 Å². The quantitative estimate of drug-likeness (QED) is 0.170. The normalized spacial score (nSPS) is 36.0. The number of nitrogens with zero attached hydrogens (tertiary/aromatic N) is 1. The Morgan fingerprint density at radius 2 is 1.55 bits per heavy atom. The lowest BCUT2D eigenvalue weighted by Gasteiger charge is -2.69. The zero-order valence-corrected chi connectivity index (χ0v) is 36.5. The molecule has 0 aromatic carbocycles. The molecule has 0 aromatic heterocycles. The summed E-state index contributed by atoms with van der Waals surface area (Å²) in [4.78, 5) is 57.5. The third-order valence-corrected chi connectivity index (χ3v) is 14.7. The number of fused-ring (bicyclic) bond motifs is 7. The van der Waals surface area contributed by atoms with Crippen LogP contribution in [-0.2, 0) is 42.9 Å². The Bertz CT molecular complexity index is 1330. The molecule has 4 saturated carbocycles. The molecule has 11 heteroatoms. The molecule has 5 rings (SSSR count). The number of allylic oxidation sites excluding steroid dienone is 3. The van der Waals surface area contributed by atoms with E-state index in [1.807, 2.05) is 33.6 Å². The summed E-state index contributed by atoms with van der Waals surface area (Å²) in [6, 6.07) is 0.369. The summed E-state index contributed by atoms with van der Waals surface area (Å²) in [5.74, 6) is 1.33. The molecule has 4 fully saturated rings. The molecule has 0 bridgehead atoms. The lowest BCUT2D eigenvalue weighted by Crippen LogP contribution is -2.66. The number of carboxylic acids is 1. The Kier molecular flexibility index (Phi) is 20.2. The highest BCUT2D eigenvalue weighted by atomic mass is 16.6. The standard InChI is InChI=1S/C31H47NO4.C7H12O4.C3H8O.C2H6.CH2O/c1-19-24(32(6)15-16-33)9-12-31(5)26-25(34)18-21-22(29(26,3)13-14-30(19,31)4)8-11-28(2)10-7-20(27(35)36)17-23(21)28;1-6(11-5-8)7(10-3)4-9-2;1-3-4-2;2*1-2/h16,18-20,22-24,26H,7-15,17H2,1-6H3,(H,35,36);5H,4H2,1-3H3;3H2,1-2H3;1-2H3;1H2/b;7-6-;;;. The largest absolute Gasteiger partial charge is 0.495 e. The van der Waals surface area contributed by atoms with Gasteiger partial charge in [-0.15, -0.1) is 0 Å². The Morgan fingerprint density at radius 3 is 2.05 bits per heavy atom. The van der Waals surface area contributed by atoms with Crippen molar-refractivity contribution in [2.45, 2.75) is 126 Å². The minimum atomic E-state index is -0.669. The monoisotopic (exact) mass is 778 g/mol. The third-order valence-electron chi connectivity index (χ3n) is 14.7.